The molecule has 0 radical (unpaired) electrons. The second-order valence-electron chi connectivity index (χ2n) is 6.78. The fraction of sp³-hybridized carbons (Fsp3) is 0.647. The van der Waals surface area contributed by atoms with Crippen LogP contribution in [0.25, 0.3) is 0 Å². The Kier molecular flexibility index (Phi) is 5.72. The van der Waals surface area contributed by atoms with Gasteiger partial charge in [-0.25, -0.2) is 21.9 Å². The molecule has 1 aliphatic carbocycles. The molecule has 0 unspecified atom stereocenters. The van der Waals surface area contributed by atoms with E-state index in [1.54, 1.807) is 0 Å². The van der Waals surface area contributed by atoms with Crippen molar-refractivity contribution in [3.05, 3.63) is 29.8 Å². The fourth-order valence-corrected chi connectivity index (χ4v) is 5.05. The lowest BCUT2D eigenvalue weighted by Gasteiger charge is -2.48. The minimum atomic E-state index is -4.11. The topological polar surface area (TPSA) is 58.6 Å². The molecule has 1 N–H and O–H groups in total. The highest BCUT2D eigenvalue weighted by Crippen LogP contribution is 2.34. The molecule has 1 saturated heterocycles. The molecule has 1 heterocycles. The van der Waals surface area contributed by atoms with Gasteiger partial charge in [-0.2, -0.15) is 0 Å². The van der Waals surface area contributed by atoms with Gasteiger partial charge in [0.2, 0.25) is 10.0 Å². The molecule has 5 nitrogen and oxygen atoms in total. The monoisotopic (exact) mass is 374 g/mol. The van der Waals surface area contributed by atoms with Gasteiger partial charge in [0.25, 0.3) is 0 Å². The molecule has 0 spiro atoms. The third-order valence-electron chi connectivity index (χ3n) is 5.24. The Balaban J connectivity index is 1.79. The van der Waals surface area contributed by atoms with Crippen molar-refractivity contribution in [2.75, 3.05) is 32.8 Å². The predicted octanol–water partition coefficient (Wildman–Crippen LogP) is 2.28. The summed E-state index contributed by atoms with van der Waals surface area (Å²) in [6.07, 6.45) is 4.99. The van der Waals surface area contributed by atoms with Gasteiger partial charge in [-0.3, -0.25) is 4.90 Å². The van der Waals surface area contributed by atoms with Crippen LogP contribution in [0.1, 0.15) is 32.1 Å². The van der Waals surface area contributed by atoms with E-state index < -0.39 is 26.6 Å². The number of benzene rings is 1. The van der Waals surface area contributed by atoms with Crippen molar-refractivity contribution < 1.29 is 21.9 Å². The van der Waals surface area contributed by atoms with Gasteiger partial charge < -0.3 is 4.74 Å². The maximum atomic E-state index is 13.9. The standard InChI is InChI=1S/C17H24F2N2O3S/c18-14-4-5-15(19)16(12-14)25(22,23)20-13-17(6-2-1-3-7-17)21-8-10-24-11-9-21/h4-5,12,20H,1-3,6-11,13H2. The smallest absolute Gasteiger partial charge is 0.243 e. The van der Waals surface area contributed by atoms with Gasteiger partial charge in [-0.05, 0) is 31.0 Å². The van der Waals surface area contributed by atoms with Crippen LogP contribution in [-0.4, -0.2) is 51.7 Å². The van der Waals surface area contributed by atoms with Gasteiger partial charge in [0, 0.05) is 25.2 Å². The highest BCUT2D eigenvalue weighted by molar-refractivity contribution is 7.89. The summed E-state index contributed by atoms with van der Waals surface area (Å²) >= 11 is 0. The lowest BCUT2D eigenvalue weighted by atomic mass is 9.80. The molecule has 3 rings (SSSR count). The summed E-state index contributed by atoms with van der Waals surface area (Å²) in [7, 11) is -4.11. The van der Waals surface area contributed by atoms with E-state index in [1.165, 1.54) is 0 Å². The average molecular weight is 374 g/mol. The number of halogens is 2. The zero-order chi connectivity index (χ0) is 17.9. The van der Waals surface area contributed by atoms with Crippen molar-refractivity contribution in [1.82, 2.24) is 9.62 Å². The van der Waals surface area contributed by atoms with Crippen LogP contribution in [-0.2, 0) is 14.8 Å². The van der Waals surface area contributed by atoms with Crippen molar-refractivity contribution >= 4 is 10.0 Å². The second kappa shape index (κ2) is 7.65. The maximum absolute atomic E-state index is 13.9. The van der Waals surface area contributed by atoms with Gasteiger partial charge in [-0.1, -0.05) is 19.3 Å². The second-order valence-corrected chi connectivity index (χ2v) is 8.52. The number of hydrogen-bond acceptors (Lipinski definition) is 4. The molecule has 140 valence electrons. The summed E-state index contributed by atoms with van der Waals surface area (Å²) in [5.41, 5.74) is -0.279. The van der Waals surface area contributed by atoms with Crippen LogP contribution in [0.3, 0.4) is 0 Å². The Bertz CT molecular complexity index is 700. The number of rotatable bonds is 5. The zero-order valence-corrected chi connectivity index (χ0v) is 15.0. The Hall–Kier alpha value is -1.09. The van der Waals surface area contributed by atoms with Gasteiger partial charge in [0.15, 0.2) is 0 Å². The first-order valence-corrected chi connectivity index (χ1v) is 10.2. The number of morpholine rings is 1. The Labute approximate surface area is 147 Å². The SMILES string of the molecule is O=S(=O)(NCC1(N2CCOCC2)CCCCC1)c1cc(F)ccc1F. The predicted molar refractivity (Wildman–Crippen MR) is 89.8 cm³/mol. The van der Waals surface area contributed by atoms with Crippen LogP contribution in [0.15, 0.2) is 23.1 Å². The first-order chi connectivity index (χ1) is 11.9. The highest BCUT2D eigenvalue weighted by Gasteiger charge is 2.39. The van der Waals surface area contributed by atoms with E-state index >= 15 is 0 Å². The Morgan fingerprint density at radius 1 is 1.12 bits per heavy atom. The van der Waals surface area contributed by atoms with E-state index in [2.05, 4.69) is 9.62 Å². The lowest BCUT2D eigenvalue weighted by molar-refractivity contribution is -0.0348. The summed E-state index contributed by atoms with van der Waals surface area (Å²) in [6.45, 7) is 2.98. The first kappa shape index (κ1) is 18.7. The van der Waals surface area contributed by atoms with Gasteiger partial charge in [0.05, 0.1) is 13.2 Å². The van der Waals surface area contributed by atoms with Crippen LogP contribution >= 0.6 is 0 Å². The first-order valence-electron chi connectivity index (χ1n) is 8.71. The molecule has 8 heteroatoms. The molecule has 2 fully saturated rings. The van der Waals surface area contributed by atoms with E-state index in [0.29, 0.717) is 13.2 Å². The number of nitrogens with zero attached hydrogens (tertiary/aromatic N) is 1. The van der Waals surface area contributed by atoms with Gasteiger partial charge in [-0.15, -0.1) is 0 Å². The number of hydrogen-bond donors (Lipinski definition) is 1. The quantitative estimate of drug-likeness (QED) is 0.859. The van der Waals surface area contributed by atoms with Gasteiger partial charge >= 0.3 is 0 Å². The fourth-order valence-electron chi connectivity index (χ4n) is 3.84. The van der Waals surface area contributed by atoms with Crippen LogP contribution in [0.5, 0.6) is 0 Å². The number of ether oxygens (including phenoxy) is 1. The van der Waals surface area contributed by atoms with Crippen LogP contribution < -0.4 is 4.72 Å². The molecule has 1 aromatic rings. The number of nitrogens with one attached hydrogen (secondary N) is 1. The lowest BCUT2D eigenvalue weighted by Crippen LogP contribution is -2.59. The molecular weight excluding hydrogens is 350 g/mol. The minimum Gasteiger partial charge on any atom is -0.379 e. The Morgan fingerprint density at radius 2 is 1.80 bits per heavy atom. The third-order valence-corrected chi connectivity index (χ3v) is 6.66. The van der Waals surface area contributed by atoms with E-state index in [0.717, 1.165) is 63.4 Å². The van der Waals surface area contributed by atoms with Crippen LogP contribution in [0.2, 0.25) is 0 Å². The summed E-state index contributed by atoms with van der Waals surface area (Å²) in [5, 5.41) is 0. The molecule has 0 amide bonds. The third kappa shape index (κ3) is 4.19. The molecule has 1 aromatic carbocycles. The summed E-state index contributed by atoms with van der Waals surface area (Å²) in [5.74, 6) is -1.72. The van der Waals surface area contributed by atoms with Crippen molar-refractivity contribution in [3.8, 4) is 0 Å². The Morgan fingerprint density at radius 3 is 2.48 bits per heavy atom. The molecule has 0 atom stereocenters. The molecule has 1 saturated carbocycles. The molecular formula is C17H24F2N2O3S. The van der Waals surface area contributed by atoms with E-state index in [-0.39, 0.29) is 12.1 Å². The van der Waals surface area contributed by atoms with Crippen LogP contribution in [0, 0.1) is 11.6 Å². The zero-order valence-electron chi connectivity index (χ0n) is 14.1. The largest absolute Gasteiger partial charge is 0.379 e. The van der Waals surface area contributed by atoms with Crippen molar-refractivity contribution in [2.45, 2.75) is 42.5 Å². The number of sulfonamides is 1. The highest BCUT2D eigenvalue weighted by atomic mass is 32.2. The normalized spacial score (nSPS) is 22.0. The average Bonchev–Trinajstić information content (AvgIpc) is 2.63. The van der Waals surface area contributed by atoms with Crippen molar-refractivity contribution in [3.63, 3.8) is 0 Å². The van der Waals surface area contributed by atoms with Crippen molar-refractivity contribution in [1.29, 1.82) is 0 Å². The molecule has 2 aliphatic rings. The van der Waals surface area contributed by atoms with Gasteiger partial charge in [0.1, 0.15) is 16.5 Å². The molecule has 1 aliphatic heterocycles. The summed E-state index contributed by atoms with van der Waals surface area (Å²) < 4.78 is 60.2. The van der Waals surface area contributed by atoms with E-state index in [1.807, 2.05) is 0 Å². The summed E-state index contributed by atoms with van der Waals surface area (Å²) in [6, 6.07) is 2.47. The maximum Gasteiger partial charge on any atom is 0.243 e. The van der Waals surface area contributed by atoms with E-state index in [9.17, 15) is 17.2 Å². The minimum absolute atomic E-state index is 0.200. The van der Waals surface area contributed by atoms with Crippen LogP contribution in [0.4, 0.5) is 8.78 Å². The van der Waals surface area contributed by atoms with Crippen molar-refractivity contribution in [2.24, 2.45) is 0 Å². The molecule has 25 heavy (non-hydrogen) atoms. The molecule has 0 bridgehead atoms. The van der Waals surface area contributed by atoms with E-state index in [4.69, 9.17) is 4.74 Å². The molecule has 0 aromatic heterocycles. The summed E-state index contributed by atoms with van der Waals surface area (Å²) in [4.78, 5) is 1.65.